The maximum atomic E-state index is 13.5. The van der Waals surface area contributed by atoms with E-state index < -0.39 is 5.54 Å². The number of nitrogens with one attached hydrogen (secondary N) is 2. The third-order valence-electron chi connectivity index (χ3n) is 6.92. The molecule has 9 nitrogen and oxygen atoms in total. The second-order valence-electron chi connectivity index (χ2n) is 9.82. The molecule has 1 saturated heterocycles. The van der Waals surface area contributed by atoms with Crippen LogP contribution in [0.5, 0.6) is 0 Å². The van der Waals surface area contributed by atoms with E-state index in [0.717, 1.165) is 58.7 Å². The van der Waals surface area contributed by atoms with Crippen molar-refractivity contribution in [3.05, 3.63) is 47.7 Å². The number of carbonyl (C=O) groups is 2. The van der Waals surface area contributed by atoms with Crippen LogP contribution in [0.4, 0.5) is 0 Å². The summed E-state index contributed by atoms with van der Waals surface area (Å²) in [6.07, 6.45) is 4.26. The number of H-pyrrole nitrogens is 1. The van der Waals surface area contributed by atoms with Crippen molar-refractivity contribution >= 4 is 39.6 Å². The maximum absolute atomic E-state index is 13.5. The summed E-state index contributed by atoms with van der Waals surface area (Å²) in [5.74, 6) is -0.203. The summed E-state index contributed by atoms with van der Waals surface area (Å²) >= 11 is 0. The third kappa shape index (κ3) is 3.95. The zero-order valence-electron chi connectivity index (χ0n) is 20.2. The van der Waals surface area contributed by atoms with Crippen molar-refractivity contribution < 1.29 is 9.59 Å². The van der Waals surface area contributed by atoms with Crippen LogP contribution in [-0.4, -0.2) is 68.0 Å². The molecule has 3 heterocycles. The predicted molar refractivity (Wildman–Crippen MR) is 134 cm³/mol. The van der Waals surface area contributed by atoms with E-state index in [4.69, 9.17) is 0 Å². The number of benzene rings is 2. The number of aromatic nitrogens is 3. The van der Waals surface area contributed by atoms with Gasteiger partial charge in [0.25, 0.3) is 5.91 Å². The van der Waals surface area contributed by atoms with Gasteiger partial charge in [-0.2, -0.15) is 10.4 Å². The van der Waals surface area contributed by atoms with E-state index in [0.29, 0.717) is 12.1 Å². The topological polar surface area (TPSA) is 110 Å². The first-order valence-corrected chi connectivity index (χ1v) is 11.9. The Kier molecular flexibility index (Phi) is 5.79. The molecule has 180 valence electrons. The predicted octanol–water partition coefficient (Wildman–Crippen LogP) is 3.19. The second-order valence-corrected chi connectivity index (χ2v) is 9.82. The van der Waals surface area contributed by atoms with Gasteiger partial charge in [0, 0.05) is 30.1 Å². The van der Waals surface area contributed by atoms with Gasteiger partial charge in [-0.15, -0.1) is 0 Å². The van der Waals surface area contributed by atoms with Crippen LogP contribution in [0.1, 0.15) is 42.6 Å². The molecule has 0 aliphatic carbocycles. The Balaban J connectivity index is 1.47. The summed E-state index contributed by atoms with van der Waals surface area (Å²) in [5.41, 5.74) is 3.60. The Bertz CT molecular complexity index is 1480. The van der Waals surface area contributed by atoms with Crippen LogP contribution in [-0.2, 0) is 4.79 Å². The highest BCUT2D eigenvalue weighted by Gasteiger charge is 2.37. The maximum Gasteiger partial charge on any atom is 0.253 e. The van der Waals surface area contributed by atoms with Gasteiger partial charge in [0.2, 0.25) is 0 Å². The summed E-state index contributed by atoms with van der Waals surface area (Å²) in [6, 6.07) is 11.9. The van der Waals surface area contributed by atoms with Crippen molar-refractivity contribution in [1.29, 1.82) is 5.26 Å². The van der Waals surface area contributed by atoms with Crippen molar-refractivity contribution in [3.8, 4) is 6.07 Å². The molecule has 4 aromatic rings. The SMILES string of the molecule is Cc1cc2ccc(C(=O)NCC(C)(C)N(CC=O)N3CCC[C@H]3C#N)c3[nH]c4ccnn4c(c1)c23. The van der Waals surface area contributed by atoms with E-state index in [2.05, 4.69) is 33.6 Å². The molecule has 5 rings (SSSR count). The van der Waals surface area contributed by atoms with E-state index in [-0.39, 0.29) is 18.5 Å². The number of aromatic amines is 1. The zero-order valence-corrected chi connectivity index (χ0v) is 20.2. The summed E-state index contributed by atoms with van der Waals surface area (Å²) in [5, 5.41) is 22.9. The van der Waals surface area contributed by atoms with Crippen molar-refractivity contribution in [2.75, 3.05) is 19.6 Å². The highest BCUT2D eigenvalue weighted by molar-refractivity contribution is 6.16. The van der Waals surface area contributed by atoms with E-state index in [1.807, 2.05) is 53.5 Å². The molecule has 1 amide bonds. The van der Waals surface area contributed by atoms with Crippen LogP contribution in [0.25, 0.3) is 27.5 Å². The molecular formula is C26H29N7O2. The Labute approximate surface area is 203 Å². The largest absolute Gasteiger partial charge is 0.350 e. The Morgan fingerprint density at radius 2 is 2.20 bits per heavy atom. The standard InChI is InChI=1S/C26H29N7O2/c1-17-13-18-6-7-20(24-23(18)21(14-17)33-22(30-24)8-9-29-33)25(35)28-16-26(2,3)32(11-12-34)31-10-4-5-19(31)15-27/h6-9,12-14,19,30H,4-5,10-11,16H2,1-3H3,(H,28,35)/t19-/m0/s1. The summed E-state index contributed by atoms with van der Waals surface area (Å²) < 4.78 is 1.85. The number of fused-ring (bicyclic) bond motifs is 2. The van der Waals surface area contributed by atoms with Gasteiger partial charge in [-0.05, 0) is 56.7 Å². The first kappa shape index (κ1) is 23.0. The van der Waals surface area contributed by atoms with E-state index in [1.165, 1.54) is 0 Å². The third-order valence-corrected chi connectivity index (χ3v) is 6.92. The molecule has 2 N–H and O–H groups in total. The van der Waals surface area contributed by atoms with E-state index in [1.54, 1.807) is 6.20 Å². The first-order valence-electron chi connectivity index (χ1n) is 11.9. The number of hydrazine groups is 1. The normalized spacial score (nSPS) is 16.9. The monoisotopic (exact) mass is 471 g/mol. The highest BCUT2D eigenvalue weighted by atomic mass is 16.1. The Hall–Kier alpha value is -3.74. The fourth-order valence-electron chi connectivity index (χ4n) is 5.22. The van der Waals surface area contributed by atoms with Crippen molar-refractivity contribution in [1.82, 2.24) is 29.9 Å². The van der Waals surface area contributed by atoms with Crippen molar-refractivity contribution in [2.24, 2.45) is 0 Å². The van der Waals surface area contributed by atoms with Gasteiger partial charge in [0.05, 0.1) is 35.4 Å². The molecule has 2 aromatic heterocycles. The van der Waals surface area contributed by atoms with Gasteiger partial charge in [-0.25, -0.2) is 14.5 Å². The second kappa shape index (κ2) is 8.80. The minimum Gasteiger partial charge on any atom is -0.350 e. The van der Waals surface area contributed by atoms with Crippen LogP contribution in [0.15, 0.2) is 36.5 Å². The van der Waals surface area contributed by atoms with Gasteiger partial charge in [-0.1, -0.05) is 12.1 Å². The fourth-order valence-corrected chi connectivity index (χ4v) is 5.22. The molecule has 35 heavy (non-hydrogen) atoms. The number of amides is 1. The molecule has 0 radical (unpaired) electrons. The molecule has 1 aliphatic heterocycles. The van der Waals surface area contributed by atoms with Crippen LogP contribution >= 0.6 is 0 Å². The van der Waals surface area contributed by atoms with Gasteiger partial charge in [-0.3, -0.25) is 4.79 Å². The minimum absolute atomic E-state index is 0.163. The van der Waals surface area contributed by atoms with E-state index >= 15 is 0 Å². The number of nitriles is 1. The molecule has 0 bridgehead atoms. The number of nitrogens with zero attached hydrogens (tertiary/aromatic N) is 5. The lowest BCUT2D eigenvalue weighted by Crippen LogP contribution is -2.60. The number of rotatable bonds is 7. The number of hydrogen-bond donors (Lipinski definition) is 2. The summed E-state index contributed by atoms with van der Waals surface area (Å²) in [4.78, 5) is 28.3. The minimum atomic E-state index is -0.571. The van der Waals surface area contributed by atoms with Gasteiger partial charge >= 0.3 is 0 Å². The molecule has 0 saturated carbocycles. The molecular weight excluding hydrogens is 442 g/mol. The van der Waals surface area contributed by atoms with E-state index in [9.17, 15) is 14.9 Å². The zero-order chi connectivity index (χ0) is 24.7. The van der Waals surface area contributed by atoms with Gasteiger partial charge in [0.15, 0.2) is 0 Å². The van der Waals surface area contributed by atoms with Crippen molar-refractivity contribution in [2.45, 2.75) is 45.2 Å². The number of carbonyl (C=O) groups excluding carboxylic acids is 2. The van der Waals surface area contributed by atoms with Crippen LogP contribution in [0, 0.1) is 18.3 Å². The van der Waals surface area contributed by atoms with Crippen LogP contribution in [0.2, 0.25) is 0 Å². The van der Waals surface area contributed by atoms with Crippen molar-refractivity contribution in [3.63, 3.8) is 0 Å². The molecule has 1 atom stereocenters. The molecule has 1 aliphatic rings. The van der Waals surface area contributed by atoms with Gasteiger partial charge in [0.1, 0.15) is 18.0 Å². The smallest absolute Gasteiger partial charge is 0.253 e. The molecule has 1 fully saturated rings. The Morgan fingerprint density at radius 1 is 1.37 bits per heavy atom. The summed E-state index contributed by atoms with van der Waals surface area (Å²) in [6.45, 7) is 7.20. The highest BCUT2D eigenvalue weighted by Crippen LogP contribution is 2.30. The number of hydrogen-bond acceptors (Lipinski definition) is 6. The quantitative estimate of drug-likeness (QED) is 0.401. The molecule has 2 aromatic carbocycles. The van der Waals surface area contributed by atoms with Gasteiger partial charge < -0.3 is 15.1 Å². The average molecular weight is 472 g/mol. The summed E-state index contributed by atoms with van der Waals surface area (Å²) in [7, 11) is 0. The number of aldehydes is 1. The first-order chi connectivity index (χ1) is 16.8. The fraction of sp³-hybridized carbons (Fsp3) is 0.385. The lowest BCUT2D eigenvalue weighted by atomic mass is 10.00. The van der Waals surface area contributed by atoms with Crippen LogP contribution in [0.3, 0.4) is 0 Å². The lowest BCUT2D eigenvalue weighted by Gasteiger charge is -2.44. The molecule has 9 heteroatoms. The average Bonchev–Trinajstić information content (AvgIpc) is 3.50. The Morgan fingerprint density at radius 3 is 2.97 bits per heavy atom. The molecule has 0 spiro atoms. The lowest BCUT2D eigenvalue weighted by molar-refractivity contribution is -0.125. The van der Waals surface area contributed by atoms with Crippen LogP contribution < -0.4 is 5.32 Å². The molecule has 0 unspecified atom stereocenters. The number of aryl methyl sites for hydroxylation is 1.